The highest BCUT2D eigenvalue weighted by molar-refractivity contribution is 5.74. The predicted octanol–water partition coefficient (Wildman–Crippen LogP) is 3.29. The fraction of sp³-hybridized carbons (Fsp3) is 0.947. The van der Waals surface area contributed by atoms with Crippen LogP contribution in [0.1, 0.15) is 72.6 Å². The topological polar surface area (TPSA) is 53.6 Å². The molecule has 0 aromatic carbocycles. The quantitative estimate of drug-likeness (QED) is 0.826. The average Bonchev–Trinajstić information content (AvgIpc) is 2.47. The van der Waals surface area contributed by atoms with Crippen LogP contribution in [0.2, 0.25) is 0 Å². The summed E-state index contributed by atoms with van der Waals surface area (Å²) in [5, 5.41) is 6.29. The Morgan fingerprint density at radius 2 is 1.58 bits per heavy atom. The largest absolute Gasteiger partial charge is 0.373 e. The van der Waals surface area contributed by atoms with Crippen LogP contribution in [-0.4, -0.2) is 54.4 Å². The maximum Gasteiger partial charge on any atom is 0.315 e. The molecule has 5 heteroatoms. The van der Waals surface area contributed by atoms with E-state index in [0.29, 0.717) is 12.6 Å². The van der Waals surface area contributed by atoms with Gasteiger partial charge in [0.1, 0.15) is 0 Å². The molecule has 1 aliphatic heterocycles. The van der Waals surface area contributed by atoms with Crippen molar-refractivity contribution in [2.45, 2.75) is 96.4 Å². The van der Waals surface area contributed by atoms with Gasteiger partial charge in [-0.2, -0.15) is 0 Å². The number of amides is 2. The molecule has 5 nitrogen and oxygen atoms in total. The summed E-state index contributed by atoms with van der Waals surface area (Å²) < 4.78 is 5.82. The van der Waals surface area contributed by atoms with E-state index in [2.05, 4.69) is 43.2 Å². The first-order valence-electron chi connectivity index (χ1n) is 9.82. The molecule has 0 radical (unpaired) electrons. The fourth-order valence-corrected chi connectivity index (χ4v) is 3.92. The van der Waals surface area contributed by atoms with Crippen LogP contribution in [0.5, 0.6) is 0 Å². The summed E-state index contributed by atoms with van der Waals surface area (Å²) >= 11 is 0. The van der Waals surface area contributed by atoms with Crippen LogP contribution >= 0.6 is 0 Å². The van der Waals surface area contributed by atoms with Crippen molar-refractivity contribution in [2.24, 2.45) is 0 Å². The number of carbonyl (C=O) groups is 1. The Kier molecular flexibility index (Phi) is 7.35. The van der Waals surface area contributed by atoms with E-state index in [1.807, 2.05) is 0 Å². The lowest BCUT2D eigenvalue weighted by Gasteiger charge is -2.45. The second-order valence-corrected chi connectivity index (χ2v) is 8.34. The van der Waals surface area contributed by atoms with Gasteiger partial charge in [-0.05, 0) is 40.5 Å². The Hall–Kier alpha value is -0.810. The van der Waals surface area contributed by atoms with Gasteiger partial charge in [-0.3, -0.25) is 4.90 Å². The lowest BCUT2D eigenvalue weighted by Crippen LogP contribution is -2.59. The first-order valence-corrected chi connectivity index (χ1v) is 9.82. The molecule has 0 aromatic heterocycles. The molecular formula is C19H37N3O2. The van der Waals surface area contributed by atoms with Crippen LogP contribution in [0, 0.1) is 0 Å². The zero-order chi connectivity index (χ0) is 17.6. The number of ether oxygens (including phenoxy) is 1. The van der Waals surface area contributed by atoms with Gasteiger partial charge in [-0.25, -0.2) is 4.79 Å². The molecule has 0 spiro atoms. The molecule has 2 aliphatic rings. The van der Waals surface area contributed by atoms with Gasteiger partial charge >= 0.3 is 6.03 Å². The Labute approximate surface area is 147 Å². The van der Waals surface area contributed by atoms with Crippen molar-refractivity contribution < 1.29 is 9.53 Å². The highest BCUT2D eigenvalue weighted by atomic mass is 16.5. The third kappa shape index (κ3) is 6.25. The van der Waals surface area contributed by atoms with Crippen molar-refractivity contribution in [1.29, 1.82) is 0 Å². The summed E-state index contributed by atoms with van der Waals surface area (Å²) in [7, 11) is 0. The minimum atomic E-state index is -0.0649. The van der Waals surface area contributed by atoms with E-state index >= 15 is 0 Å². The minimum Gasteiger partial charge on any atom is -0.373 e. The third-order valence-corrected chi connectivity index (χ3v) is 5.40. The number of nitrogens with zero attached hydrogens (tertiary/aromatic N) is 1. The first-order chi connectivity index (χ1) is 11.4. The highest BCUT2D eigenvalue weighted by Gasteiger charge is 2.33. The normalized spacial score (nSPS) is 28.0. The van der Waals surface area contributed by atoms with E-state index in [0.717, 1.165) is 25.9 Å². The maximum absolute atomic E-state index is 12.3. The third-order valence-electron chi connectivity index (χ3n) is 5.40. The molecule has 2 rings (SSSR count). The smallest absolute Gasteiger partial charge is 0.315 e. The van der Waals surface area contributed by atoms with Gasteiger partial charge in [0.25, 0.3) is 0 Å². The Balaban J connectivity index is 1.76. The van der Waals surface area contributed by atoms with E-state index < -0.39 is 0 Å². The number of hydrogen-bond donors (Lipinski definition) is 2. The van der Waals surface area contributed by atoms with Gasteiger partial charge in [0.15, 0.2) is 0 Å². The standard InChI is InChI=1S/C19H37N3O2/c1-15-12-22(13-16(2)24-15)19(3,4)14-20-18(23)21-17-10-8-6-5-7-9-11-17/h15-17H,5-14H2,1-4H3,(H2,20,21,23)/t15-,16+. The molecular weight excluding hydrogens is 302 g/mol. The van der Waals surface area contributed by atoms with Crippen molar-refractivity contribution >= 4 is 6.03 Å². The minimum absolute atomic E-state index is 0.0111. The first kappa shape index (κ1) is 19.5. The SMILES string of the molecule is C[C@@H]1CN(C(C)(C)CNC(=O)NC2CCCCCCC2)C[C@H](C)O1. The van der Waals surface area contributed by atoms with Crippen LogP contribution < -0.4 is 10.6 Å². The van der Waals surface area contributed by atoms with Crippen LogP contribution in [0.15, 0.2) is 0 Å². The summed E-state index contributed by atoms with van der Waals surface area (Å²) in [5.41, 5.74) is -0.0649. The summed E-state index contributed by atoms with van der Waals surface area (Å²) in [4.78, 5) is 14.7. The Morgan fingerprint density at radius 3 is 2.17 bits per heavy atom. The fourth-order valence-electron chi connectivity index (χ4n) is 3.92. The van der Waals surface area contributed by atoms with Crippen LogP contribution in [0.25, 0.3) is 0 Å². The van der Waals surface area contributed by atoms with E-state index in [9.17, 15) is 4.79 Å². The molecule has 2 atom stereocenters. The van der Waals surface area contributed by atoms with Crippen molar-refractivity contribution in [3.05, 3.63) is 0 Å². The molecule has 1 heterocycles. The number of rotatable bonds is 4. The van der Waals surface area contributed by atoms with Gasteiger partial charge in [-0.1, -0.05) is 32.1 Å². The predicted molar refractivity (Wildman–Crippen MR) is 98.3 cm³/mol. The lowest BCUT2D eigenvalue weighted by molar-refractivity contribution is -0.0947. The monoisotopic (exact) mass is 339 g/mol. The zero-order valence-corrected chi connectivity index (χ0v) is 16.1. The van der Waals surface area contributed by atoms with E-state index in [-0.39, 0.29) is 23.8 Å². The van der Waals surface area contributed by atoms with E-state index in [4.69, 9.17) is 4.74 Å². The van der Waals surface area contributed by atoms with E-state index in [1.54, 1.807) is 0 Å². The summed E-state index contributed by atoms with van der Waals surface area (Å²) in [6, 6.07) is 0.333. The maximum atomic E-state index is 12.3. The molecule has 140 valence electrons. The molecule has 0 aromatic rings. The number of morpholine rings is 1. The Bertz CT molecular complexity index is 382. The van der Waals surface area contributed by atoms with Crippen LogP contribution in [0.4, 0.5) is 4.79 Å². The summed E-state index contributed by atoms with van der Waals surface area (Å²) in [5.74, 6) is 0. The second kappa shape index (κ2) is 9.04. The number of urea groups is 1. The summed E-state index contributed by atoms with van der Waals surface area (Å²) in [6.45, 7) is 11.1. The van der Waals surface area contributed by atoms with Crippen molar-refractivity contribution in [1.82, 2.24) is 15.5 Å². The summed E-state index contributed by atoms with van der Waals surface area (Å²) in [6.07, 6.45) is 9.17. The molecule has 2 amide bonds. The van der Waals surface area contributed by atoms with Gasteiger partial charge in [0.05, 0.1) is 12.2 Å². The van der Waals surface area contributed by atoms with Gasteiger partial charge < -0.3 is 15.4 Å². The van der Waals surface area contributed by atoms with Crippen LogP contribution in [0.3, 0.4) is 0 Å². The molecule has 1 saturated carbocycles. The number of carbonyl (C=O) groups excluding carboxylic acids is 1. The van der Waals surface area contributed by atoms with E-state index in [1.165, 1.54) is 32.1 Å². The molecule has 2 fully saturated rings. The van der Waals surface area contributed by atoms with Crippen LogP contribution in [-0.2, 0) is 4.74 Å². The zero-order valence-electron chi connectivity index (χ0n) is 16.1. The molecule has 2 N–H and O–H groups in total. The molecule has 0 bridgehead atoms. The second-order valence-electron chi connectivity index (χ2n) is 8.34. The molecule has 1 saturated heterocycles. The van der Waals surface area contributed by atoms with Gasteiger partial charge in [0.2, 0.25) is 0 Å². The van der Waals surface area contributed by atoms with Gasteiger partial charge in [-0.15, -0.1) is 0 Å². The Morgan fingerprint density at radius 1 is 1.04 bits per heavy atom. The molecule has 0 unspecified atom stereocenters. The van der Waals surface area contributed by atoms with Crippen molar-refractivity contribution in [3.8, 4) is 0 Å². The molecule has 24 heavy (non-hydrogen) atoms. The lowest BCUT2D eigenvalue weighted by atomic mass is 9.97. The van der Waals surface area contributed by atoms with Gasteiger partial charge in [0, 0.05) is 31.2 Å². The average molecular weight is 340 g/mol. The van der Waals surface area contributed by atoms with Crippen molar-refractivity contribution in [2.75, 3.05) is 19.6 Å². The number of hydrogen-bond acceptors (Lipinski definition) is 3. The molecule has 1 aliphatic carbocycles. The van der Waals surface area contributed by atoms with Crippen molar-refractivity contribution in [3.63, 3.8) is 0 Å². The highest BCUT2D eigenvalue weighted by Crippen LogP contribution is 2.21. The number of nitrogens with one attached hydrogen (secondary N) is 2.